The van der Waals surface area contributed by atoms with E-state index in [9.17, 15) is 14.4 Å². The van der Waals surface area contributed by atoms with Gasteiger partial charge < -0.3 is 25.4 Å². The van der Waals surface area contributed by atoms with E-state index in [0.717, 1.165) is 12.0 Å². The Hall–Kier alpha value is -2.45. The smallest absolute Gasteiger partial charge is 0.310 e. The van der Waals surface area contributed by atoms with Crippen molar-refractivity contribution < 1.29 is 23.9 Å². The van der Waals surface area contributed by atoms with Crippen molar-refractivity contribution in [1.29, 1.82) is 0 Å². The van der Waals surface area contributed by atoms with Gasteiger partial charge in [-0.25, -0.2) is 0 Å². The monoisotopic (exact) mass is 375 g/mol. The molecule has 2 saturated heterocycles. The minimum absolute atomic E-state index is 0.0408. The zero-order valence-corrected chi connectivity index (χ0v) is 15.3. The topological polar surface area (TPSA) is 111 Å². The van der Waals surface area contributed by atoms with Crippen LogP contribution in [0, 0.1) is 0 Å². The van der Waals surface area contributed by atoms with Crippen molar-refractivity contribution in [3.05, 3.63) is 35.9 Å². The highest BCUT2D eigenvalue weighted by molar-refractivity contribution is 5.90. The molecule has 3 rings (SSSR count). The molecule has 8 nitrogen and oxygen atoms in total. The lowest BCUT2D eigenvalue weighted by atomic mass is 10.1. The zero-order chi connectivity index (χ0) is 19.4. The highest BCUT2D eigenvalue weighted by atomic mass is 16.7. The van der Waals surface area contributed by atoms with E-state index in [-0.39, 0.29) is 24.8 Å². The van der Waals surface area contributed by atoms with Crippen molar-refractivity contribution in [1.82, 2.24) is 10.2 Å². The highest BCUT2D eigenvalue weighted by Gasteiger charge is 2.41. The Morgan fingerprint density at radius 3 is 2.81 bits per heavy atom. The predicted molar refractivity (Wildman–Crippen MR) is 96.0 cm³/mol. The molecule has 4 unspecified atom stereocenters. The van der Waals surface area contributed by atoms with Crippen molar-refractivity contribution in [2.45, 2.75) is 57.2 Å². The molecule has 146 valence electrons. The van der Waals surface area contributed by atoms with Crippen molar-refractivity contribution in [2.75, 3.05) is 6.54 Å². The fourth-order valence-electron chi connectivity index (χ4n) is 3.40. The van der Waals surface area contributed by atoms with E-state index in [1.54, 1.807) is 6.92 Å². The summed E-state index contributed by atoms with van der Waals surface area (Å²) in [6.07, 6.45) is 0.506. The molecule has 4 atom stereocenters. The van der Waals surface area contributed by atoms with Crippen molar-refractivity contribution in [3.63, 3.8) is 0 Å². The van der Waals surface area contributed by atoms with Gasteiger partial charge in [0.1, 0.15) is 12.1 Å². The molecule has 0 bridgehead atoms. The molecular weight excluding hydrogens is 350 g/mol. The fourth-order valence-corrected chi connectivity index (χ4v) is 3.40. The third-order valence-electron chi connectivity index (χ3n) is 4.78. The Balaban J connectivity index is 1.59. The van der Waals surface area contributed by atoms with E-state index in [1.165, 1.54) is 4.90 Å². The van der Waals surface area contributed by atoms with Crippen LogP contribution in [0.2, 0.25) is 0 Å². The highest BCUT2D eigenvalue weighted by Crippen LogP contribution is 2.22. The molecule has 8 heteroatoms. The number of benzene rings is 1. The Morgan fingerprint density at radius 2 is 2.11 bits per heavy atom. The third-order valence-corrected chi connectivity index (χ3v) is 4.78. The first-order valence-corrected chi connectivity index (χ1v) is 9.17. The number of carbonyl (C=O) groups excluding carboxylic acids is 3. The lowest BCUT2D eigenvalue weighted by Gasteiger charge is -2.27. The quantitative estimate of drug-likeness (QED) is 0.692. The number of rotatable bonds is 6. The van der Waals surface area contributed by atoms with Crippen molar-refractivity contribution in [3.8, 4) is 0 Å². The molecule has 0 radical (unpaired) electrons. The van der Waals surface area contributed by atoms with Crippen molar-refractivity contribution in [2.24, 2.45) is 5.73 Å². The summed E-state index contributed by atoms with van der Waals surface area (Å²) in [7, 11) is 0. The van der Waals surface area contributed by atoms with Crippen LogP contribution in [0.1, 0.15) is 31.7 Å². The van der Waals surface area contributed by atoms with E-state index in [4.69, 9.17) is 15.2 Å². The molecule has 1 aromatic carbocycles. The van der Waals surface area contributed by atoms with Crippen LogP contribution in [0.25, 0.3) is 0 Å². The molecular formula is C19H25N3O5. The van der Waals surface area contributed by atoms with Gasteiger partial charge in [-0.3, -0.25) is 14.4 Å². The van der Waals surface area contributed by atoms with Gasteiger partial charge in [0.15, 0.2) is 0 Å². The van der Waals surface area contributed by atoms with E-state index in [1.807, 2.05) is 30.3 Å². The first-order chi connectivity index (χ1) is 13.0. The minimum atomic E-state index is -0.847. The molecule has 0 saturated carbocycles. The SMILES string of the molecule is CC(N)C(=O)N1CCCC1C(=O)NC1CC(=O)OC1OCc1ccccc1. The number of hydrogen-bond acceptors (Lipinski definition) is 6. The standard InChI is InChI=1S/C19H25N3O5/c1-12(20)18(25)22-9-5-8-15(22)17(24)21-14-10-16(23)27-19(14)26-11-13-6-3-2-4-7-13/h2-4,6-7,12,14-15,19H,5,8-11,20H2,1H3,(H,21,24). The zero-order valence-electron chi connectivity index (χ0n) is 15.3. The van der Waals surface area contributed by atoms with Gasteiger partial charge >= 0.3 is 5.97 Å². The van der Waals surface area contributed by atoms with Crippen LogP contribution in [-0.2, 0) is 30.5 Å². The summed E-state index contributed by atoms with van der Waals surface area (Å²) in [6, 6.07) is 7.68. The number of nitrogens with zero attached hydrogens (tertiary/aromatic N) is 1. The Labute approximate surface area is 158 Å². The second-order valence-electron chi connectivity index (χ2n) is 6.95. The van der Waals surface area contributed by atoms with Crippen LogP contribution in [0.5, 0.6) is 0 Å². The molecule has 27 heavy (non-hydrogen) atoms. The van der Waals surface area contributed by atoms with E-state index in [0.29, 0.717) is 13.0 Å². The molecule has 3 N–H and O–H groups in total. The molecule has 2 aliphatic rings. The van der Waals surface area contributed by atoms with Crippen LogP contribution >= 0.6 is 0 Å². The second kappa shape index (κ2) is 8.49. The van der Waals surface area contributed by atoms with E-state index >= 15 is 0 Å². The number of nitrogens with two attached hydrogens (primary N) is 1. The average Bonchev–Trinajstić information content (AvgIpc) is 3.26. The van der Waals surface area contributed by atoms with Crippen LogP contribution < -0.4 is 11.1 Å². The van der Waals surface area contributed by atoms with Gasteiger partial charge in [-0.1, -0.05) is 30.3 Å². The maximum atomic E-state index is 12.7. The molecule has 2 amide bonds. The number of hydrogen-bond donors (Lipinski definition) is 2. The summed E-state index contributed by atoms with van der Waals surface area (Å²) in [6.45, 7) is 2.38. The molecule has 1 aromatic rings. The van der Waals surface area contributed by atoms with Gasteiger partial charge in [-0.05, 0) is 25.3 Å². The normalized spacial score (nSPS) is 25.9. The van der Waals surface area contributed by atoms with Gasteiger partial charge in [-0.2, -0.15) is 0 Å². The van der Waals surface area contributed by atoms with Gasteiger partial charge in [0, 0.05) is 6.54 Å². The van der Waals surface area contributed by atoms with Gasteiger partial charge in [-0.15, -0.1) is 0 Å². The third kappa shape index (κ3) is 4.64. The minimum Gasteiger partial charge on any atom is -0.433 e. The summed E-state index contributed by atoms with van der Waals surface area (Å²) in [5, 5.41) is 2.82. The number of nitrogens with one attached hydrogen (secondary N) is 1. The number of likely N-dealkylation sites (tertiary alicyclic amines) is 1. The lowest BCUT2D eigenvalue weighted by Crippen LogP contribution is -2.53. The number of cyclic esters (lactones) is 1. The van der Waals surface area contributed by atoms with Gasteiger partial charge in [0.05, 0.1) is 19.1 Å². The van der Waals surface area contributed by atoms with Crippen LogP contribution in [0.3, 0.4) is 0 Å². The predicted octanol–water partition coefficient (Wildman–Crippen LogP) is 0.299. The van der Waals surface area contributed by atoms with E-state index in [2.05, 4.69) is 5.32 Å². The lowest BCUT2D eigenvalue weighted by molar-refractivity contribution is -0.168. The molecule has 0 aromatic heterocycles. The first-order valence-electron chi connectivity index (χ1n) is 9.17. The molecule has 2 heterocycles. The van der Waals surface area contributed by atoms with Gasteiger partial charge in [0.2, 0.25) is 18.1 Å². The number of ether oxygens (including phenoxy) is 2. The largest absolute Gasteiger partial charge is 0.433 e. The summed E-state index contributed by atoms with van der Waals surface area (Å²) >= 11 is 0. The Morgan fingerprint density at radius 1 is 1.37 bits per heavy atom. The van der Waals surface area contributed by atoms with Gasteiger partial charge in [0.25, 0.3) is 0 Å². The average molecular weight is 375 g/mol. The molecule has 0 spiro atoms. The summed E-state index contributed by atoms with van der Waals surface area (Å²) < 4.78 is 10.9. The maximum absolute atomic E-state index is 12.7. The number of carbonyl (C=O) groups is 3. The Bertz CT molecular complexity index is 694. The van der Waals surface area contributed by atoms with Crippen LogP contribution in [-0.4, -0.2) is 53.6 Å². The molecule has 2 fully saturated rings. The van der Waals surface area contributed by atoms with E-state index < -0.39 is 30.4 Å². The summed E-state index contributed by atoms with van der Waals surface area (Å²) in [5.41, 5.74) is 6.61. The van der Waals surface area contributed by atoms with Crippen molar-refractivity contribution >= 4 is 17.8 Å². The Kier molecular flexibility index (Phi) is 6.08. The fraction of sp³-hybridized carbons (Fsp3) is 0.526. The summed E-state index contributed by atoms with van der Waals surface area (Å²) in [5.74, 6) is -0.977. The number of esters is 1. The molecule has 2 aliphatic heterocycles. The maximum Gasteiger partial charge on any atom is 0.310 e. The number of amides is 2. The molecule has 0 aliphatic carbocycles. The first kappa shape index (κ1) is 19.3. The summed E-state index contributed by atoms with van der Waals surface area (Å²) in [4.78, 5) is 38.1. The van der Waals surface area contributed by atoms with Crippen LogP contribution in [0.4, 0.5) is 0 Å². The van der Waals surface area contributed by atoms with Crippen LogP contribution in [0.15, 0.2) is 30.3 Å². The second-order valence-corrected chi connectivity index (χ2v) is 6.95.